The lowest BCUT2D eigenvalue weighted by Gasteiger charge is -2.09. The number of nitrogen functional groups attached to an aromatic ring is 1. The lowest BCUT2D eigenvalue weighted by atomic mass is 10.2. The molecule has 0 fully saturated rings. The van der Waals surface area contributed by atoms with E-state index in [4.69, 9.17) is 10.3 Å². The van der Waals surface area contributed by atoms with Crippen molar-refractivity contribution in [2.24, 2.45) is 0 Å². The largest absolute Gasteiger partial charge is 0.397 e. The second-order valence-electron chi connectivity index (χ2n) is 3.50. The maximum atomic E-state index is 10.8. The zero-order chi connectivity index (χ0) is 12.2. The Bertz CT molecular complexity index is 457. The SMILES string of the molecule is CCCCNc1ccc(S(=O)(=O)O)cc1N. The van der Waals surface area contributed by atoms with Crippen molar-refractivity contribution >= 4 is 21.5 Å². The number of rotatable bonds is 5. The topological polar surface area (TPSA) is 92.4 Å². The summed E-state index contributed by atoms with van der Waals surface area (Å²) in [6, 6.07) is 4.11. The van der Waals surface area contributed by atoms with E-state index in [2.05, 4.69) is 12.2 Å². The van der Waals surface area contributed by atoms with Crippen LogP contribution in [0.25, 0.3) is 0 Å². The van der Waals surface area contributed by atoms with E-state index in [9.17, 15) is 8.42 Å². The molecule has 0 aromatic heterocycles. The summed E-state index contributed by atoms with van der Waals surface area (Å²) in [5, 5.41) is 3.09. The summed E-state index contributed by atoms with van der Waals surface area (Å²) in [6.07, 6.45) is 2.08. The molecule has 0 saturated heterocycles. The average molecular weight is 244 g/mol. The van der Waals surface area contributed by atoms with Crippen molar-refractivity contribution in [1.82, 2.24) is 0 Å². The summed E-state index contributed by atoms with van der Waals surface area (Å²) >= 11 is 0. The molecule has 0 aliphatic carbocycles. The van der Waals surface area contributed by atoms with Gasteiger partial charge in [0.15, 0.2) is 0 Å². The Balaban J connectivity index is 2.84. The van der Waals surface area contributed by atoms with Gasteiger partial charge in [-0.2, -0.15) is 8.42 Å². The van der Waals surface area contributed by atoms with Gasteiger partial charge in [-0.15, -0.1) is 0 Å². The molecule has 0 spiro atoms. The Labute approximate surface area is 95.4 Å². The van der Waals surface area contributed by atoms with E-state index in [1.54, 1.807) is 6.07 Å². The van der Waals surface area contributed by atoms with E-state index in [0.29, 0.717) is 11.4 Å². The number of hydrogen-bond acceptors (Lipinski definition) is 4. The second kappa shape index (κ2) is 5.18. The molecule has 0 saturated carbocycles. The number of hydrogen-bond donors (Lipinski definition) is 3. The number of nitrogens with two attached hydrogens (primary N) is 1. The fraction of sp³-hybridized carbons (Fsp3) is 0.400. The lowest BCUT2D eigenvalue weighted by Crippen LogP contribution is -2.05. The minimum absolute atomic E-state index is 0.189. The van der Waals surface area contributed by atoms with Gasteiger partial charge in [0.25, 0.3) is 10.1 Å². The molecule has 5 nitrogen and oxygen atoms in total. The molecule has 0 amide bonds. The molecule has 1 aromatic rings. The van der Waals surface area contributed by atoms with E-state index in [1.165, 1.54) is 12.1 Å². The Hall–Kier alpha value is -1.27. The molecule has 0 radical (unpaired) electrons. The molecule has 90 valence electrons. The first-order valence-corrected chi connectivity index (χ1v) is 6.50. The smallest absolute Gasteiger partial charge is 0.294 e. The minimum Gasteiger partial charge on any atom is -0.397 e. The van der Waals surface area contributed by atoms with E-state index >= 15 is 0 Å². The van der Waals surface area contributed by atoms with Crippen LogP contribution in [0.1, 0.15) is 19.8 Å². The van der Waals surface area contributed by atoms with Crippen molar-refractivity contribution in [3.63, 3.8) is 0 Å². The van der Waals surface area contributed by atoms with Gasteiger partial charge in [-0.05, 0) is 24.6 Å². The van der Waals surface area contributed by atoms with Crippen LogP contribution >= 0.6 is 0 Å². The van der Waals surface area contributed by atoms with Crippen molar-refractivity contribution in [2.45, 2.75) is 24.7 Å². The molecule has 1 aromatic carbocycles. The van der Waals surface area contributed by atoms with Crippen LogP contribution in [-0.4, -0.2) is 19.5 Å². The molecule has 0 unspecified atom stereocenters. The highest BCUT2D eigenvalue weighted by Gasteiger charge is 2.10. The van der Waals surface area contributed by atoms with Gasteiger partial charge in [0.2, 0.25) is 0 Å². The third-order valence-electron chi connectivity index (χ3n) is 2.17. The van der Waals surface area contributed by atoms with Crippen molar-refractivity contribution in [1.29, 1.82) is 0 Å². The molecule has 6 heteroatoms. The standard InChI is InChI=1S/C10H16N2O3S/c1-2-3-6-12-10-5-4-8(7-9(10)11)16(13,14)15/h4-5,7,12H,2-3,6,11H2,1H3,(H,13,14,15). The maximum Gasteiger partial charge on any atom is 0.294 e. The fourth-order valence-corrected chi connectivity index (χ4v) is 1.78. The number of unbranched alkanes of at least 4 members (excludes halogenated alkanes) is 1. The molecule has 0 aliphatic rings. The van der Waals surface area contributed by atoms with Crippen LogP contribution in [0.2, 0.25) is 0 Å². The number of anilines is 2. The molecule has 4 N–H and O–H groups in total. The van der Waals surface area contributed by atoms with Gasteiger partial charge in [0, 0.05) is 6.54 Å². The third-order valence-corrected chi connectivity index (χ3v) is 3.02. The lowest BCUT2D eigenvalue weighted by molar-refractivity contribution is 0.483. The normalized spacial score (nSPS) is 11.4. The van der Waals surface area contributed by atoms with Crippen LogP contribution in [0.5, 0.6) is 0 Å². The highest BCUT2D eigenvalue weighted by Crippen LogP contribution is 2.22. The van der Waals surface area contributed by atoms with Gasteiger partial charge < -0.3 is 11.1 Å². The molecule has 0 heterocycles. The zero-order valence-corrected chi connectivity index (χ0v) is 9.92. The van der Waals surface area contributed by atoms with Crippen molar-refractivity contribution < 1.29 is 13.0 Å². The summed E-state index contributed by atoms with van der Waals surface area (Å²) in [6.45, 7) is 2.86. The quantitative estimate of drug-likeness (QED) is 0.416. The Morgan fingerprint density at radius 2 is 2.12 bits per heavy atom. The third kappa shape index (κ3) is 3.39. The van der Waals surface area contributed by atoms with E-state index in [-0.39, 0.29) is 4.90 Å². The van der Waals surface area contributed by atoms with Crippen molar-refractivity contribution in [3.05, 3.63) is 18.2 Å². The van der Waals surface area contributed by atoms with Gasteiger partial charge in [-0.25, -0.2) is 0 Å². The average Bonchev–Trinajstić information content (AvgIpc) is 2.19. The van der Waals surface area contributed by atoms with E-state index in [0.717, 1.165) is 19.4 Å². The van der Waals surface area contributed by atoms with Crippen LogP contribution in [0.15, 0.2) is 23.1 Å². The van der Waals surface area contributed by atoms with Crippen LogP contribution < -0.4 is 11.1 Å². The van der Waals surface area contributed by atoms with Gasteiger partial charge in [0.05, 0.1) is 16.3 Å². The van der Waals surface area contributed by atoms with Crippen molar-refractivity contribution in [3.8, 4) is 0 Å². The first-order valence-electron chi connectivity index (χ1n) is 5.06. The summed E-state index contributed by atoms with van der Waals surface area (Å²) in [7, 11) is -4.18. The first kappa shape index (κ1) is 12.8. The molecule has 0 aliphatic heterocycles. The maximum absolute atomic E-state index is 10.8. The predicted octanol–water partition coefficient (Wildman–Crippen LogP) is 1.73. The first-order chi connectivity index (χ1) is 7.45. The predicted molar refractivity (Wildman–Crippen MR) is 64.1 cm³/mol. The van der Waals surface area contributed by atoms with Crippen LogP contribution in [0.4, 0.5) is 11.4 Å². The highest BCUT2D eigenvalue weighted by molar-refractivity contribution is 7.85. The number of benzene rings is 1. The van der Waals surface area contributed by atoms with Gasteiger partial charge in [0.1, 0.15) is 0 Å². The highest BCUT2D eigenvalue weighted by atomic mass is 32.2. The summed E-state index contributed by atoms with van der Waals surface area (Å²) in [5.41, 5.74) is 6.65. The summed E-state index contributed by atoms with van der Waals surface area (Å²) < 4.78 is 30.5. The number of nitrogens with one attached hydrogen (secondary N) is 1. The molecule has 16 heavy (non-hydrogen) atoms. The van der Waals surface area contributed by atoms with E-state index in [1.807, 2.05) is 0 Å². The fourth-order valence-electron chi connectivity index (χ4n) is 1.26. The van der Waals surface area contributed by atoms with E-state index < -0.39 is 10.1 Å². The van der Waals surface area contributed by atoms with Crippen LogP contribution in [-0.2, 0) is 10.1 Å². The zero-order valence-electron chi connectivity index (χ0n) is 9.10. The molecule has 0 bridgehead atoms. The molecular weight excluding hydrogens is 228 g/mol. The Morgan fingerprint density at radius 1 is 1.44 bits per heavy atom. The molecular formula is C10H16N2O3S. The van der Waals surface area contributed by atoms with Crippen molar-refractivity contribution in [2.75, 3.05) is 17.6 Å². The Morgan fingerprint density at radius 3 is 2.62 bits per heavy atom. The monoisotopic (exact) mass is 244 g/mol. The van der Waals surface area contributed by atoms with Crippen LogP contribution in [0.3, 0.4) is 0 Å². The second-order valence-corrected chi connectivity index (χ2v) is 4.93. The molecule has 1 rings (SSSR count). The summed E-state index contributed by atoms with van der Waals surface area (Å²) in [5.74, 6) is 0. The van der Waals surface area contributed by atoms with Gasteiger partial charge in [-0.1, -0.05) is 13.3 Å². The molecule has 0 atom stereocenters. The Kier molecular flexibility index (Phi) is 4.14. The van der Waals surface area contributed by atoms with Crippen LogP contribution in [0, 0.1) is 0 Å². The minimum atomic E-state index is -4.18. The van der Waals surface area contributed by atoms with Gasteiger partial charge in [-0.3, -0.25) is 4.55 Å². The summed E-state index contributed by atoms with van der Waals surface area (Å²) in [4.78, 5) is -0.189. The van der Waals surface area contributed by atoms with Gasteiger partial charge >= 0.3 is 0 Å².